The van der Waals surface area contributed by atoms with Gasteiger partial charge >= 0.3 is 0 Å². The Morgan fingerprint density at radius 1 is 1.16 bits per heavy atom. The lowest BCUT2D eigenvalue weighted by atomic mass is 10.2. The molecule has 1 saturated heterocycles. The third kappa shape index (κ3) is 3.70. The lowest BCUT2D eigenvalue weighted by Crippen LogP contribution is -2.32. The first-order valence-corrected chi connectivity index (χ1v) is 10.3. The number of para-hydroxylation sites is 2. The van der Waals surface area contributed by atoms with Crippen LogP contribution in [0.3, 0.4) is 0 Å². The number of nitrogens with zero attached hydrogens (tertiary/aromatic N) is 3. The Hall–Kier alpha value is -3.52. The molecule has 2 aromatic carbocycles. The molecule has 1 atom stereocenters. The van der Waals surface area contributed by atoms with E-state index in [4.69, 9.17) is 20.4 Å². The van der Waals surface area contributed by atoms with Crippen molar-refractivity contribution in [3.63, 3.8) is 0 Å². The van der Waals surface area contributed by atoms with Gasteiger partial charge in [-0.15, -0.1) is 0 Å². The summed E-state index contributed by atoms with van der Waals surface area (Å²) >= 11 is 0. The molecule has 31 heavy (non-hydrogen) atoms. The van der Waals surface area contributed by atoms with Crippen LogP contribution in [0.5, 0.6) is 0 Å². The minimum Gasteiger partial charge on any atom is -0.384 e. The fourth-order valence-electron chi connectivity index (χ4n) is 3.97. The molecule has 158 valence electrons. The summed E-state index contributed by atoms with van der Waals surface area (Å²) in [6.07, 6.45) is 1.94. The Morgan fingerprint density at radius 3 is 2.61 bits per heavy atom. The van der Waals surface area contributed by atoms with Crippen LogP contribution in [0.1, 0.15) is 28.8 Å². The zero-order valence-electron chi connectivity index (χ0n) is 16.8. The van der Waals surface area contributed by atoms with Gasteiger partial charge < -0.3 is 20.4 Å². The molecule has 0 bridgehead atoms. The number of hydrogen-bond donors (Lipinski definition) is 2. The molecule has 1 amide bonds. The molecule has 3 heterocycles. The van der Waals surface area contributed by atoms with Gasteiger partial charge in [0.25, 0.3) is 5.91 Å². The number of carbonyl (C=O) groups excluding carboxylic acids is 1. The Labute approximate surface area is 178 Å². The SMILES string of the molecule is Nc1c(C(=O)NC[C@@H]2CCCO2)c2nc3ccccc3nc2n1Cc1ccc(F)cc1. The quantitative estimate of drug-likeness (QED) is 0.518. The fourth-order valence-corrected chi connectivity index (χ4v) is 3.97. The number of hydrogen-bond acceptors (Lipinski definition) is 5. The van der Waals surface area contributed by atoms with Gasteiger partial charge in [0.2, 0.25) is 0 Å². The number of benzene rings is 2. The number of rotatable bonds is 5. The summed E-state index contributed by atoms with van der Waals surface area (Å²) in [6.45, 7) is 1.48. The number of nitrogens with two attached hydrogens (primary N) is 1. The summed E-state index contributed by atoms with van der Waals surface area (Å²) in [6, 6.07) is 13.6. The second-order valence-electron chi connectivity index (χ2n) is 7.70. The van der Waals surface area contributed by atoms with Crippen LogP contribution < -0.4 is 11.1 Å². The zero-order chi connectivity index (χ0) is 21.4. The van der Waals surface area contributed by atoms with Crippen molar-refractivity contribution in [2.75, 3.05) is 18.9 Å². The van der Waals surface area contributed by atoms with Crippen LogP contribution in [0.25, 0.3) is 22.2 Å². The number of aromatic nitrogens is 3. The van der Waals surface area contributed by atoms with Crippen LogP contribution in [-0.2, 0) is 11.3 Å². The van der Waals surface area contributed by atoms with E-state index in [2.05, 4.69) is 5.32 Å². The number of carbonyl (C=O) groups is 1. The first-order valence-electron chi connectivity index (χ1n) is 10.3. The van der Waals surface area contributed by atoms with Crippen LogP contribution in [-0.4, -0.2) is 39.7 Å². The molecular weight excluding hydrogens is 397 g/mol. The van der Waals surface area contributed by atoms with Gasteiger partial charge in [0.15, 0.2) is 5.65 Å². The maximum absolute atomic E-state index is 13.3. The smallest absolute Gasteiger partial charge is 0.257 e. The van der Waals surface area contributed by atoms with Gasteiger partial charge in [-0.1, -0.05) is 24.3 Å². The van der Waals surface area contributed by atoms with Crippen LogP contribution in [0, 0.1) is 5.82 Å². The largest absolute Gasteiger partial charge is 0.384 e. The third-order valence-corrected chi connectivity index (χ3v) is 5.59. The van der Waals surface area contributed by atoms with Gasteiger partial charge in [-0.25, -0.2) is 14.4 Å². The lowest BCUT2D eigenvalue weighted by Gasteiger charge is -2.11. The van der Waals surface area contributed by atoms with E-state index in [0.717, 1.165) is 25.0 Å². The van der Waals surface area contributed by atoms with E-state index in [-0.39, 0.29) is 23.6 Å². The molecule has 8 heteroatoms. The molecule has 0 radical (unpaired) electrons. The highest BCUT2D eigenvalue weighted by Crippen LogP contribution is 2.29. The summed E-state index contributed by atoms with van der Waals surface area (Å²) in [5.41, 5.74) is 9.95. The van der Waals surface area contributed by atoms with Gasteiger partial charge in [-0.05, 0) is 42.7 Å². The summed E-state index contributed by atoms with van der Waals surface area (Å²) in [5, 5.41) is 2.93. The molecule has 2 aromatic heterocycles. The van der Waals surface area contributed by atoms with E-state index in [9.17, 15) is 9.18 Å². The normalized spacial score (nSPS) is 16.2. The van der Waals surface area contributed by atoms with Crippen molar-refractivity contribution in [3.05, 3.63) is 65.5 Å². The molecular formula is C23H22FN5O2. The first kappa shape index (κ1) is 19.4. The Morgan fingerprint density at radius 2 is 1.90 bits per heavy atom. The van der Waals surface area contributed by atoms with Crippen molar-refractivity contribution >= 4 is 33.9 Å². The Kier molecular flexibility index (Phi) is 4.99. The molecule has 0 spiro atoms. The predicted octanol–water partition coefficient (Wildman–Crippen LogP) is 3.26. The van der Waals surface area contributed by atoms with Gasteiger partial charge in [0.1, 0.15) is 22.7 Å². The number of anilines is 1. The van der Waals surface area contributed by atoms with Gasteiger partial charge in [0, 0.05) is 13.2 Å². The van der Waals surface area contributed by atoms with Crippen LogP contribution in [0.4, 0.5) is 10.2 Å². The average Bonchev–Trinajstić information content (AvgIpc) is 3.39. The van der Waals surface area contributed by atoms with Crippen LogP contribution in [0.2, 0.25) is 0 Å². The highest BCUT2D eigenvalue weighted by Gasteiger charge is 2.25. The molecule has 0 aliphatic carbocycles. The number of nitrogens with one attached hydrogen (secondary N) is 1. The van der Waals surface area contributed by atoms with Crippen molar-refractivity contribution in [1.82, 2.24) is 19.9 Å². The molecule has 1 fully saturated rings. The highest BCUT2D eigenvalue weighted by molar-refractivity contribution is 6.10. The molecule has 7 nitrogen and oxygen atoms in total. The van der Waals surface area contributed by atoms with E-state index < -0.39 is 0 Å². The molecule has 0 unspecified atom stereocenters. The molecule has 0 saturated carbocycles. The number of nitrogen functional groups attached to an aromatic ring is 1. The number of amides is 1. The van der Waals surface area contributed by atoms with Gasteiger partial charge in [0.05, 0.1) is 23.7 Å². The molecule has 1 aliphatic heterocycles. The van der Waals surface area contributed by atoms with Gasteiger partial charge in [-0.2, -0.15) is 0 Å². The third-order valence-electron chi connectivity index (χ3n) is 5.59. The van der Waals surface area contributed by atoms with Crippen molar-refractivity contribution in [2.24, 2.45) is 0 Å². The fraction of sp³-hybridized carbons (Fsp3) is 0.261. The number of halogens is 1. The summed E-state index contributed by atoms with van der Waals surface area (Å²) in [4.78, 5) is 22.5. The first-order chi connectivity index (χ1) is 15.1. The van der Waals surface area contributed by atoms with E-state index >= 15 is 0 Å². The molecule has 4 aromatic rings. The summed E-state index contributed by atoms with van der Waals surface area (Å²) in [5.74, 6) is -0.339. The molecule has 3 N–H and O–H groups in total. The molecule has 1 aliphatic rings. The van der Waals surface area contributed by atoms with Crippen molar-refractivity contribution < 1.29 is 13.9 Å². The van der Waals surface area contributed by atoms with E-state index in [1.54, 1.807) is 16.7 Å². The van der Waals surface area contributed by atoms with E-state index in [1.165, 1.54) is 12.1 Å². The second kappa shape index (κ2) is 7.96. The minimum absolute atomic E-state index is 0.0182. The van der Waals surface area contributed by atoms with Crippen LogP contribution in [0.15, 0.2) is 48.5 Å². The maximum Gasteiger partial charge on any atom is 0.257 e. The average molecular weight is 419 g/mol. The van der Waals surface area contributed by atoms with Crippen molar-refractivity contribution in [3.8, 4) is 0 Å². The number of ether oxygens (including phenoxy) is 1. The second-order valence-corrected chi connectivity index (χ2v) is 7.70. The standard InChI is InChI=1S/C23H22FN5O2/c24-15-9-7-14(8-10-15)13-29-21(25)19(23(30)26-12-16-4-3-11-31-16)20-22(29)28-18-6-2-1-5-17(18)27-20/h1-2,5-10,16H,3-4,11-13,25H2,(H,26,30)/t16-/m0/s1. The predicted molar refractivity (Wildman–Crippen MR) is 116 cm³/mol. The minimum atomic E-state index is -0.311. The Bertz CT molecular complexity index is 1260. The maximum atomic E-state index is 13.3. The van der Waals surface area contributed by atoms with E-state index in [0.29, 0.717) is 40.9 Å². The lowest BCUT2D eigenvalue weighted by molar-refractivity contribution is 0.0859. The summed E-state index contributed by atoms with van der Waals surface area (Å²) < 4.78 is 20.7. The monoisotopic (exact) mass is 419 g/mol. The highest BCUT2D eigenvalue weighted by atomic mass is 19.1. The van der Waals surface area contributed by atoms with Crippen molar-refractivity contribution in [1.29, 1.82) is 0 Å². The summed E-state index contributed by atoms with van der Waals surface area (Å²) in [7, 11) is 0. The Balaban J connectivity index is 1.59. The number of fused-ring (bicyclic) bond motifs is 2. The van der Waals surface area contributed by atoms with Gasteiger partial charge in [-0.3, -0.25) is 4.79 Å². The van der Waals surface area contributed by atoms with E-state index in [1.807, 2.05) is 24.3 Å². The molecule has 5 rings (SSSR count). The topological polar surface area (TPSA) is 95.1 Å². The zero-order valence-corrected chi connectivity index (χ0v) is 16.8. The van der Waals surface area contributed by atoms with Crippen molar-refractivity contribution in [2.45, 2.75) is 25.5 Å². The van der Waals surface area contributed by atoms with Crippen LogP contribution >= 0.6 is 0 Å².